The van der Waals surface area contributed by atoms with E-state index in [4.69, 9.17) is 9.84 Å². The van der Waals surface area contributed by atoms with Gasteiger partial charge in [0.2, 0.25) is 6.08 Å². The average molecular weight is 171 g/mol. The minimum absolute atomic E-state index is 0.0231. The summed E-state index contributed by atoms with van der Waals surface area (Å²) in [5.74, 6) is -1.09. The van der Waals surface area contributed by atoms with Crippen LogP contribution in [-0.2, 0) is 14.3 Å². The van der Waals surface area contributed by atoms with E-state index < -0.39 is 5.97 Å². The molecular formula is C7H9NO4. The van der Waals surface area contributed by atoms with E-state index in [1.165, 1.54) is 6.08 Å². The molecule has 5 heteroatoms. The van der Waals surface area contributed by atoms with Crippen molar-refractivity contribution in [1.29, 1.82) is 0 Å². The zero-order valence-corrected chi connectivity index (χ0v) is 6.45. The maximum Gasteiger partial charge on any atom is 0.333 e. The summed E-state index contributed by atoms with van der Waals surface area (Å²) in [7, 11) is 0. The normalized spacial score (nSPS) is 8.67. The van der Waals surface area contributed by atoms with E-state index in [0.717, 1.165) is 0 Å². The Bertz CT molecular complexity index is 217. The standard InChI is InChI=1S/C7H9NO4/c1-6(7(10)11)4-12-3-2-8-5-9/h1-4H2,(H,10,11). The number of carboxylic acid groups (broad SMARTS) is 1. The quantitative estimate of drug-likeness (QED) is 0.264. The molecule has 0 atom stereocenters. The highest BCUT2D eigenvalue weighted by atomic mass is 16.5. The molecule has 0 aromatic carbocycles. The van der Waals surface area contributed by atoms with Crippen LogP contribution in [0.5, 0.6) is 0 Å². The summed E-state index contributed by atoms with van der Waals surface area (Å²) in [5.41, 5.74) is -0.0231. The van der Waals surface area contributed by atoms with Crippen LogP contribution in [0.3, 0.4) is 0 Å². The second-order valence-electron chi connectivity index (χ2n) is 1.93. The van der Waals surface area contributed by atoms with E-state index in [0.29, 0.717) is 0 Å². The van der Waals surface area contributed by atoms with Crippen molar-refractivity contribution in [1.82, 2.24) is 0 Å². The molecule has 0 aromatic rings. The fourth-order valence-corrected chi connectivity index (χ4v) is 0.413. The van der Waals surface area contributed by atoms with Gasteiger partial charge in [0.15, 0.2) is 0 Å². The van der Waals surface area contributed by atoms with Gasteiger partial charge in [0.05, 0.1) is 25.3 Å². The van der Waals surface area contributed by atoms with E-state index >= 15 is 0 Å². The minimum Gasteiger partial charge on any atom is -0.478 e. The first-order valence-electron chi connectivity index (χ1n) is 3.21. The van der Waals surface area contributed by atoms with E-state index in [1.807, 2.05) is 0 Å². The number of isocyanates is 1. The van der Waals surface area contributed by atoms with Gasteiger partial charge in [0.1, 0.15) is 0 Å². The molecule has 0 aliphatic rings. The Labute approximate surface area is 69.4 Å². The van der Waals surface area contributed by atoms with Crippen LogP contribution in [0.15, 0.2) is 17.1 Å². The lowest BCUT2D eigenvalue weighted by atomic mass is 10.3. The summed E-state index contributed by atoms with van der Waals surface area (Å²) >= 11 is 0. The lowest BCUT2D eigenvalue weighted by Crippen LogP contribution is -2.08. The van der Waals surface area contributed by atoms with Crippen molar-refractivity contribution in [3.8, 4) is 0 Å². The maximum atomic E-state index is 10.2. The fraction of sp³-hybridized carbons (Fsp3) is 0.429. The summed E-state index contributed by atoms with van der Waals surface area (Å²) in [5, 5.41) is 8.32. The molecule has 0 aliphatic heterocycles. The minimum atomic E-state index is -1.09. The Hall–Kier alpha value is -1.45. The van der Waals surface area contributed by atoms with Crippen LogP contribution < -0.4 is 0 Å². The molecule has 1 N–H and O–H groups in total. The van der Waals surface area contributed by atoms with Crippen LogP contribution in [0.2, 0.25) is 0 Å². The second-order valence-corrected chi connectivity index (χ2v) is 1.93. The van der Waals surface area contributed by atoms with Crippen LogP contribution >= 0.6 is 0 Å². The SMILES string of the molecule is C=C(COCCN=C=O)C(=O)O. The molecule has 0 spiro atoms. The van der Waals surface area contributed by atoms with Gasteiger partial charge in [-0.15, -0.1) is 0 Å². The summed E-state index contributed by atoms with van der Waals surface area (Å²) in [4.78, 5) is 22.9. The average Bonchev–Trinajstić information content (AvgIpc) is 2.03. The lowest BCUT2D eigenvalue weighted by Gasteiger charge is -1.99. The Kier molecular flexibility index (Phi) is 5.51. The van der Waals surface area contributed by atoms with Crippen molar-refractivity contribution >= 4 is 12.0 Å². The highest BCUT2D eigenvalue weighted by molar-refractivity contribution is 5.85. The number of carboxylic acids is 1. The zero-order chi connectivity index (χ0) is 9.40. The predicted molar refractivity (Wildman–Crippen MR) is 40.6 cm³/mol. The highest BCUT2D eigenvalue weighted by Gasteiger charge is 2.02. The van der Waals surface area contributed by atoms with Crippen molar-refractivity contribution in [3.63, 3.8) is 0 Å². The zero-order valence-electron chi connectivity index (χ0n) is 6.45. The predicted octanol–water partition coefficient (Wildman–Crippen LogP) is -0.0204. The van der Waals surface area contributed by atoms with Crippen LogP contribution in [0.4, 0.5) is 0 Å². The number of rotatable bonds is 6. The number of ether oxygens (including phenoxy) is 1. The number of nitrogens with zero attached hydrogens (tertiary/aromatic N) is 1. The Morgan fingerprint density at radius 3 is 2.83 bits per heavy atom. The molecule has 0 fully saturated rings. The number of aliphatic imine (C=N–C) groups is 1. The third-order valence-corrected chi connectivity index (χ3v) is 0.991. The molecule has 0 radical (unpaired) electrons. The van der Waals surface area contributed by atoms with Gasteiger partial charge in [-0.2, -0.15) is 0 Å². The molecule has 5 nitrogen and oxygen atoms in total. The molecule has 0 saturated heterocycles. The van der Waals surface area contributed by atoms with E-state index in [1.54, 1.807) is 0 Å². The first-order chi connectivity index (χ1) is 5.68. The van der Waals surface area contributed by atoms with Crippen molar-refractivity contribution in [3.05, 3.63) is 12.2 Å². The first-order valence-corrected chi connectivity index (χ1v) is 3.21. The fourth-order valence-electron chi connectivity index (χ4n) is 0.413. The van der Waals surface area contributed by atoms with Crippen LogP contribution in [-0.4, -0.2) is 36.9 Å². The maximum absolute atomic E-state index is 10.2. The van der Waals surface area contributed by atoms with Gasteiger partial charge in [-0.3, -0.25) is 0 Å². The summed E-state index contributed by atoms with van der Waals surface area (Å²) in [6.45, 7) is 3.57. The van der Waals surface area contributed by atoms with E-state index in [9.17, 15) is 9.59 Å². The Morgan fingerprint density at radius 2 is 2.33 bits per heavy atom. The van der Waals surface area contributed by atoms with Crippen LogP contribution in [0.1, 0.15) is 0 Å². The topological polar surface area (TPSA) is 76.0 Å². The molecule has 66 valence electrons. The number of hydrogen-bond acceptors (Lipinski definition) is 4. The number of carbonyl (C=O) groups is 1. The van der Waals surface area contributed by atoms with Gasteiger partial charge in [-0.1, -0.05) is 6.58 Å². The number of carbonyl (C=O) groups excluding carboxylic acids is 1. The summed E-state index contributed by atoms with van der Waals surface area (Å²) in [6, 6.07) is 0. The molecule has 0 unspecified atom stereocenters. The highest BCUT2D eigenvalue weighted by Crippen LogP contribution is 1.90. The summed E-state index contributed by atoms with van der Waals surface area (Å²) < 4.78 is 4.81. The van der Waals surface area contributed by atoms with Crippen molar-refractivity contribution < 1.29 is 19.4 Å². The second kappa shape index (κ2) is 6.27. The Balaban J connectivity index is 3.37. The van der Waals surface area contributed by atoms with E-state index in [2.05, 4.69) is 11.6 Å². The monoisotopic (exact) mass is 171 g/mol. The largest absolute Gasteiger partial charge is 0.478 e. The van der Waals surface area contributed by atoms with E-state index in [-0.39, 0.29) is 25.3 Å². The van der Waals surface area contributed by atoms with Gasteiger partial charge in [-0.05, 0) is 0 Å². The molecule has 0 saturated carbocycles. The third kappa shape index (κ3) is 5.34. The molecule has 0 aliphatic carbocycles. The molecule has 0 heterocycles. The van der Waals surface area contributed by atoms with Crippen LogP contribution in [0, 0.1) is 0 Å². The summed E-state index contributed by atoms with van der Waals surface area (Å²) in [6.07, 6.45) is 1.33. The molecule has 0 bridgehead atoms. The van der Waals surface area contributed by atoms with Crippen LogP contribution in [0.25, 0.3) is 0 Å². The molecule has 12 heavy (non-hydrogen) atoms. The van der Waals surface area contributed by atoms with Gasteiger partial charge in [0.25, 0.3) is 0 Å². The molecule has 0 aromatic heterocycles. The lowest BCUT2D eigenvalue weighted by molar-refractivity contribution is -0.133. The molecular weight excluding hydrogens is 162 g/mol. The number of aliphatic carboxylic acids is 1. The first kappa shape index (κ1) is 10.6. The molecule has 0 rings (SSSR count). The van der Waals surface area contributed by atoms with Gasteiger partial charge in [0, 0.05) is 0 Å². The number of hydrogen-bond donors (Lipinski definition) is 1. The Morgan fingerprint density at radius 1 is 1.67 bits per heavy atom. The van der Waals surface area contributed by atoms with Gasteiger partial charge < -0.3 is 9.84 Å². The van der Waals surface area contributed by atoms with Crippen molar-refractivity contribution in [2.75, 3.05) is 19.8 Å². The van der Waals surface area contributed by atoms with Crippen molar-refractivity contribution in [2.24, 2.45) is 4.99 Å². The van der Waals surface area contributed by atoms with Gasteiger partial charge >= 0.3 is 5.97 Å². The third-order valence-electron chi connectivity index (χ3n) is 0.991. The van der Waals surface area contributed by atoms with Crippen molar-refractivity contribution in [2.45, 2.75) is 0 Å². The smallest absolute Gasteiger partial charge is 0.333 e. The van der Waals surface area contributed by atoms with Gasteiger partial charge in [-0.25, -0.2) is 14.6 Å². The molecule has 0 amide bonds.